The molecule has 88 valence electrons. The zero-order chi connectivity index (χ0) is 12.0. The molecule has 0 atom stereocenters. The number of hydrogen-bond acceptors (Lipinski definition) is 3. The summed E-state index contributed by atoms with van der Waals surface area (Å²) >= 11 is 0. The van der Waals surface area contributed by atoms with Crippen LogP contribution in [0.15, 0.2) is 24.3 Å². The van der Waals surface area contributed by atoms with E-state index >= 15 is 0 Å². The minimum atomic E-state index is -0.0648. The van der Waals surface area contributed by atoms with E-state index in [4.69, 9.17) is 5.11 Å². The Kier molecular flexibility index (Phi) is 4.95. The number of aliphatic hydroxyl groups is 1. The Hall–Kier alpha value is -1.39. The standard InChI is InChI=1S/C12H18N2O2/c1-13-9-10-3-5-11(6-4-10)12(16)14(2)7-8-15/h3-6,13,15H,7-9H2,1-2H3. The van der Waals surface area contributed by atoms with E-state index in [0.29, 0.717) is 12.1 Å². The molecule has 0 radical (unpaired) electrons. The predicted octanol–water partition coefficient (Wildman–Crippen LogP) is 0.470. The third-order valence-electron chi connectivity index (χ3n) is 2.36. The monoisotopic (exact) mass is 222 g/mol. The normalized spacial score (nSPS) is 10.2. The molecular formula is C12H18N2O2. The molecular weight excluding hydrogens is 204 g/mol. The summed E-state index contributed by atoms with van der Waals surface area (Å²) in [6.07, 6.45) is 0. The zero-order valence-corrected chi connectivity index (χ0v) is 9.73. The highest BCUT2D eigenvalue weighted by Gasteiger charge is 2.10. The fourth-order valence-electron chi connectivity index (χ4n) is 1.44. The van der Waals surface area contributed by atoms with Gasteiger partial charge in [0.25, 0.3) is 5.91 Å². The van der Waals surface area contributed by atoms with Crippen LogP contribution in [0.3, 0.4) is 0 Å². The van der Waals surface area contributed by atoms with Gasteiger partial charge in [0.15, 0.2) is 0 Å². The van der Waals surface area contributed by atoms with Gasteiger partial charge in [0.05, 0.1) is 6.61 Å². The maximum atomic E-state index is 11.8. The van der Waals surface area contributed by atoms with Crippen LogP contribution in [-0.4, -0.2) is 43.2 Å². The maximum absolute atomic E-state index is 11.8. The van der Waals surface area contributed by atoms with Crippen molar-refractivity contribution >= 4 is 5.91 Å². The van der Waals surface area contributed by atoms with Crippen molar-refractivity contribution in [3.05, 3.63) is 35.4 Å². The van der Waals surface area contributed by atoms with Gasteiger partial charge in [0.2, 0.25) is 0 Å². The van der Waals surface area contributed by atoms with Crippen LogP contribution in [-0.2, 0) is 6.54 Å². The summed E-state index contributed by atoms with van der Waals surface area (Å²) in [4.78, 5) is 13.3. The summed E-state index contributed by atoms with van der Waals surface area (Å²) in [6, 6.07) is 7.47. The second kappa shape index (κ2) is 6.25. The highest BCUT2D eigenvalue weighted by atomic mass is 16.3. The van der Waals surface area contributed by atoms with Crippen molar-refractivity contribution in [2.45, 2.75) is 6.54 Å². The number of carbonyl (C=O) groups is 1. The van der Waals surface area contributed by atoms with E-state index in [1.54, 1.807) is 7.05 Å². The van der Waals surface area contributed by atoms with Crippen LogP contribution < -0.4 is 5.32 Å². The number of nitrogens with one attached hydrogen (secondary N) is 1. The molecule has 0 aliphatic carbocycles. The second-order valence-electron chi connectivity index (χ2n) is 3.68. The summed E-state index contributed by atoms with van der Waals surface area (Å²) in [7, 11) is 3.56. The van der Waals surface area contributed by atoms with E-state index in [1.807, 2.05) is 31.3 Å². The number of hydrogen-bond donors (Lipinski definition) is 2. The molecule has 0 aliphatic heterocycles. The average molecular weight is 222 g/mol. The maximum Gasteiger partial charge on any atom is 0.253 e. The van der Waals surface area contributed by atoms with E-state index in [9.17, 15) is 4.79 Å². The molecule has 1 rings (SSSR count). The molecule has 0 saturated heterocycles. The highest BCUT2D eigenvalue weighted by Crippen LogP contribution is 2.06. The Morgan fingerprint density at radius 3 is 2.50 bits per heavy atom. The third kappa shape index (κ3) is 3.32. The van der Waals surface area contributed by atoms with Gasteiger partial charge < -0.3 is 15.3 Å². The first-order valence-electron chi connectivity index (χ1n) is 5.29. The van der Waals surface area contributed by atoms with Crippen LogP contribution in [0.2, 0.25) is 0 Å². The minimum absolute atomic E-state index is 0.0138. The lowest BCUT2D eigenvalue weighted by Crippen LogP contribution is -2.29. The molecule has 0 saturated carbocycles. The number of likely N-dealkylation sites (N-methyl/N-ethyl adjacent to an activating group) is 1. The number of rotatable bonds is 5. The molecule has 1 amide bonds. The lowest BCUT2D eigenvalue weighted by molar-refractivity contribution is 0.0767. The van der Waals surface area contributed by atoms with Crippen LogP contribution in [0.25, 0.3) is 0 Å². The van der Waals surface area contributed by atoms with Gasteiger partial charge in [0.1, 0.15) is 0 Å². The van der Waals surface area contributed by atoms with Crippen LogP contribution in [0, 0.1) is 0 Å². The quantitative estimate of drug-likeness (QED) is 0.761. The van der Waals surface area contributed by atoms with Crippen LogP contribution in [0.4, 0.5) is 0 Å². The topological polar surface area (TPSA) is 52.6 Å². The predicted molar refractivity (Wildman–Crippen MR) is 63.3 cm³/mol. The number of nitrogens with zero attached hydrogens (tertiary/aromatic N) is 1. The van der Waals surface area contributed by atoms with Crippen molar-refractivity contribution in [2.24, 2.45) is 0 Å². The van der Waals surface area contributed by atoms with Gasteiger partial charge in [-0.15, -0.1) is 0 Å². The van der Waals surface area contributed by atoms with E-state index in [-0.39, 0.29) is 12.5 Å². The molecule has 1 aromatic rings. The molecule has 0 unspecified atom stereocenters. The van der Waals surface area contributed by atoms with Crippen molar-refractivity contribution < 1.29 is 9.90 Å². The zero-order valence-electron chi connectivity index (χ0n) is 9.73. The van der Waals surface area contributed by atoms with E-state index in [0.717, 1.165) is 12.1 Å². The summed E-state index contributed by atoms with van der Waals surface area (Å²) < 4.78 is 0. The first kappa shape index (κ1) is 12.7. The molecule has 2 N–H and O–H groups in total. The van der Waals surface area contributed by atoms with Gasteiger partial charge in [-0.05, 0) is 24.7 Å². The van der Waals surface area contributed by atoms with Crippen LogP contribution >= 0.6 is 0 Å². The fraction of sp³-hybridized carbons (Fsp3) is 0.417. The molecule has 0 aromatic heterocycles. The summed E-state index contributed by atoms with van der Waals surface area (Å²) in [5.41, 5.74) is 1.79. The fourth-order valence-corrected chi connectivity index (χ4v) is 1.44. The lowest BCUT2D eigenvalue weighted by Gasteiger charge is -2.15. The number of aliphatic hydroxyl groups excluding tert-OH is 1. The first-order chi connectivity index (χ1) is 7.69. The lowest BCUT2D eigenvalue weighted by atomic mass is 10.1. The van der Waals surface area contributed by atoms with Crippen LogP contribution in [0.1, 0.15) is 15.9 Å². The smallest absolute Gasteiger partial charge is 0.253 e. The summed E-state index contributed by atoms with van der Waals surface area (Å²) in [6.45, 7) is 1.14. The van der Waals surface area contributed by atoms with E-state index < -0.39 is 0 Å². The van der Waals surface area contributed by atoms with Gasteiger partial charge >= 0.3 is 0 Å². The Labute approximate surface area is 95.9 Å². The average Bonchev–Trinajstić information content (AvgIpc) is 2.30. The summed E-state index contributed by atoms with van der Waals surface area (Å²) in [5.74, 6) is -0.0648. The van der Waals surface area contributed by atoms with Crippen molar-refractivity contribution in [2.75, 3.05) is 27.2 Å². The molecule has 16 heavy (non-hydrogen) atoms. The summed E-state index contributed by atoms with van der Waals surface area (Å²) in [5, 5.41) is 11.8. The Balaban J connectivity index is 2.69. The molecule has 4 nitrogen and oxygen atoms in total. The molecule has 0 aliphatic rings. The molecule has 1 aromatic carbocycles. The number of benzene rings is 1. The Morgan fingerprint density at radius 2 is 2.00 bits per heavy atom. The van der Waals surface area contributed by atoms with Gasteiger partial charge in [-0.1, -0.05) is 12.1 Å². The van der Waals surface area contributed by atoms with Crippen molar-refractivity contribution in [3.63, 3.8) is 0 Å². The third-order valence-corrected chi connectivity index (χ3v) is 2.36. The van der Waals surface area contributed by atoms with Gasteiger partial charge in [-0.3, -0.25) is 4.79 Å². The largest absolute Gasteiger partial charge is 0.395 e. The van der Waals surface area contributed by atoms with Crippen molar-refractivity contribution in [1.82, 2.24) is 10.2 Å². The molecule has 0 heterocycles. The van der Waals surface area contributed by atoms with Gasteiger partial charge in [0, 0.05) is 25.7 Å². The van der Waals surface area contributed by atoms with Gasteiger partial charge in [-0.2, -0.15) is 0 Å². The Bertz CT molecular complexity index is 335. The highest BCUT2D eigenvalue weighted by molar-refractivity contribution is 5.94. The number of carbonyl (C=O) groups excluding carboxylic acids is 1. The van der Waals surface area contributed by atoms with Crippen LogP contribution in [0.5, 0.6) is 0 Å². The van der Waals surface area contributed by atoms with E-state index in [2.05, 4.69) is 5.32 Å². The molecule has 4 heteroatoms. The van der Waals surface area contributed by atoms with E-state index in [1.165, 1.54) is 4.90 Å². The van der Waals surface area contributed by atoms with Gasteiger partial charge in [-0.25, -0.2) is 0 Å². The second-order valence-corrected chi connectivity index (χ2v) is 3.68. The van der Waals surface area contributed by atoms with Crippen molar-refractivity contribution in [3.8, 4) is 0 Å². The van der Waals surface area contributed by atoms with Crippen molar-refractivity contribution in [1.29, 1.82) is 0 Å². The number of amides is 1. The molecule has 0 fully saturated rings. The SMILES string of the molecule is CNCc1ccc(C(=O)N(C)CCO)cc1. The molecule has 0 bridgehead atoms. The Morgan fingerprint density at radius 1 is 1.38 bits per heavy atom. The first-order valence-corrected chi connectivity index (χ1v) is 5.29. The minimum Gasteiger partial charge on any atom is -0.395 e. The molecule has 0 spiro atoms.